The Bertz CT molecular complexity index is 819. The molecular weight excluding hydrogens is 350 g/mol. The molecule has 0 atom stereocenters. The summed E-state index contributed by atoms with van der Waals surface area (Å²) < 4.78 is 10.0. The summed E-state index contributed by atoms with van der Waals surface area (Å²) in [5, 5.41) is 14.8. The van der Waals surface area contributed by atoms with Gasteiger partial charge in [-0.05, 0) is 42.7 Å². The van der Waals surface area contributed by atoms with Crippen molar-refractivity contribution < 1.29 is 19.2 Å². The van der Waals surface area contributed by atoms with Crippen LogP contribution >= 0.6 is 0 Å². The molecule has 0 aliphatic heterocycles. The number of hydrogen-bond donors (Lipinski definition) is 1. The molecule has 142 valence electrons. The molecule has 0 bridgehead atoms. The fraction of sp³-hybridized carbons (Fsp3) is 0.263. The van der Waals surface area contributed by atoms with Gasteiger partial charge in [0.1, 0.15) is 5.75 Å². The van der Waals surface area contributed by atoms with E-state index in [1.54, 1.807) is 13.2 Å². The van der Waals surface area contributed by atoms with Crippen LogP contribution in [0, 0.1) is 10.1 Å². The van der Waals surface area contributed by atoms with Gasteiger partial charge in [-0.2, -0.15) is 5.10 Å². The Hall–Kier alpha value is -3.42. The van der Waals surface area contributed by atoms with Crippen LogP contribution in [0.15, 0.2) is 47.6 Å². The molecule has 0 heterocycles. The van der Waals surface area contributed by atoms with Gasteiger partial charge in [-0.15, -0.1) is 0 Å². The Morgan fingerprint density at radius 3 is 2.56 bits per heavy atom. The maximum atomic E-state index is 11.8. The smallest absolute Gasteiger partial charge is 0.311 e. The number of rotatable bonds is 9. The minimum atomic E-state index is -0.534. The van der Waals surface area contributed by atoms with Crippen molar-refractivity contribution in [2.75, 3.05) is 14.2 Å². The molecule has 0 fully saturated rings. The number of ether oxygens (including phenoxy) is 2. The first-order valence-electron chi connectivity index (χ1n) is 8.30. The monoisotopic (exact) mass is 371 g/mol. The number of nitro groups is 1. The average Bonchev–Trinajstić information content (AvgIpc) is 2.68. The summed E-state index contributed by atoms with van der Waals surface area (Å²) in [5.74, 6) is 0.743. The number of carbonyl (C=O) groups is 1. The van der Waals surface area contributed by atoms with E-state index in [1.807, 2.05) is 24.3 Å². The molecule has 0 radical (unpaired) electrons. The molecule has 0 saturated heterocycles. The normalized spacial score (nSPS) is 10.6. The first kappa shape index (κ1) is 19.9. The molecule has 2 aromatic rings. The third kappa shape index (κ3) is 6.10. The molecule has 1 amide bonds. The molecule has 0 aliphatic carbocycles. The molecule has 0 aromatic heterocycles. The molecule has 27 heavy (non-hydrogen) atoms. The zero-order chi connectivity index (χ0) is 19.6. The lowest BCUT2D eigenvalue weighted by Gasteiger charge is -2.04. The summed E-state index contributed by atoms with van der Waals surface area (Å²) in [6, 6.07) is 12.1. The number of methoxy groups -OCH3 is 2. The van der Waals surface area contributed by atoms with Crippen molar-refractivity contribution >= 4 is 17.8 Å². The van der Waals surface area contributed by atoms with E-state index in [1.165, 1.54) is 25.5 Å². The van der Waals surface area contributed by atoms with E-state index in [9.17, 15) is 14.9 Å². The minimum absolute atomic E-state index is 0.160. The standard InChI is InChI=1S/C19H21N3O5/c1-26-16-9-6-14(7-10-16)4-3-5-19(23)21-20-13-15-8-11-18(27-2)17(12-15)22(24)25/h6-13H,3-5H2,1-2H3,(H,21,23). The van der Waals surface area contributed by atoms with Crippen molar-refractivity contribution in [2.45, 2.75) is 19.3 Å². The number of nitro benzene ring substituents is 1. The van der Waals surface area contributed by atoms with Gasteiger partial charge in [-0.1, -0.05) is 12.1 Å². The van der Waals surface area contributed by atoms with Crippen LogP contribution in [0.25, 0.3) is 0 Å². The largest absolute Gasteiger partial charge is 0.497 e. The van der Waals surface area contributed by atoms with E-state index in [2.05, 4.69) is 10.5 Å². The molecule has 2 rings (SSSR count). The minimum Gasteiger partial charge on any atom is -0.497 e. The molecule has 1 N–H and O–H groups in total. The number of aryl methyl sites for hydroxylation is 1. The van der Waals surface area contributed by atoms with Crippen LogP contribution in [-0.4, -0.2) is 31.3 Å². The van der Waals surface area contributed by atoms with Crippen LogP contribution in [0.4, 0.5) is 5.69 Å². The maximum absolute atomic E-state index is 11.8. The maximum Gasteiger partial charge on any atom is 0.311 e. The molecule has 0 unspecified atom stereocenters. The summed E-state index contributed by atoms with van der Waals surface area (Å²) in [6.07, 6.45) is 3.13. The van der Waals surface area contributed by atoms with Crippen LogP contribution < -0.4 is 14.9 Å². The molecule has 8 nitrogen and oxygen atoms in total. The fourth-order valence-corrected chi connectivity index (χ4v) is 2.41. The molecule has 0 saturated carbocycles. The second-order valence-electron chi connectivity index (χ2n) is 5.68. The van der Waals surface area contributed by atoms with Gasteiger partial charge in [0.15, 0.2) is 5.75 Å². The number of hydrogen-bond acceptors (Lipinski definition) is 6. The number of nitrogens with zero attached hydrogens (tertiary/aromatic N) is 2. The summed E-state index contributed by atoms with van der Waals surface area (Å²) in [5.41, 5.74) is 3.87. The number of amides is 1. The zero-order valence-electron chi connectivity index (χ0n) is 15.2. The molecular formula is C19H21N3O5. The van der Waals surface area contributed by atoms with Gasteiger partial charge in [0.25, 0.3) is 0 Å². The highest BCUT2D eigenvalue weighted by Crippen LogP contribution is 2.26. The second-order valence-corrected chi connectivity index (χ2v) is 5.68. The van der Waals surface area contributed by atoms with Gasteiger partial charge < -0.3 is 9.47 Å². The highest BCUT2D eigenvalue weighted by atomic mass is 16.6. The van der Waals surface area contributed by atoms with Gasteiger partial charge in [-0.3, -0.25) is 14.9 Å². The quantitative estimate of drug-likeness (QED) is 0.414. The Morgan fingerprint density at radius 2 is 1.93 bits per heavy atom. The summed E-state index contributed by atoms with van der Waals surface area (Å²) >= 11 is 0. The Labute approximate surface area is 157 Å². The summed E-state index contributed by atoms with van der Waals surface area (Å²) in [4.78, 5) is 22.3. The van der Waals surface area contributed by atoms with Crippen LogP contribution in [-0.2, 0) is 11.2 Å². The first-order valence-corrected chi connectivity index (χ1v) is 8.30. The lowest BCUT2D eigenvalue weighted by atomic mass is 10.1. The van der Waals surface area contributed by atoms with E-state index in [4.69, 9.17) is 9.47 Å². The highest BCUT2D eigenvalue weighted by Gasteiger charge is 2.14. The SMILES string of the molecule is COc1ccc(CCCC(=O)NN=Cc2ccc(OC)c([N+](=O)[O-])c2)cc1. The fourth-order valence-electron chi connectivity index (χ4n) is 2.41. The second kappa shape index (κ2) is 9.91. The predicted octanol–water partition coefficient (Wildman–Crippen LogP) is 3.09. The predicted molar refractivity (Wildman–Crippen MR) is 101 cm³/mol. The van der Waals surface area contributed by atoms with E-state index in [-0.39, 0.29) is 17.3 Å². The van der Waals surface area contributed by atoms with E-state index in [0.29, 0.717) is 18.4 Å². The number of carbonyl (C=O) groups excluding carboxylic acids is 1. The number of nitrogens with one attached hydrogen (secondary N) is 1. The van der Waals surface area contributed by atoms with Crippen molar-refractivity contribution in [3.8, 4) is 11.5 Å². The lowest BCUT2D eigenvalue weighted by molar-refractivity contribution is -0.385. The van der Waals surface area contributed by atoms with E-state index in [0.717, 1.165) is 17.7 Å². The van der Waals surface area contributed by atoms with Crippen molar-refractivity contribution in [2.24, 2.45) is 5.10 Å². The van der Waals surface area contributed by atoms with Gasteiger partial charge in [-0.25, -0.2) is 5.43 Å². The van der Waals surface area contributed by atoms with Gasteiger partial charge in [0, 0.05) is 18.1 Å². The number of benzene rings is 2. The van der Waals surface area contributed by atoms with Crippen molar-refractivity contribution in [3.63, 3.8) is 0 Å². The van der Waals surface area contributed by atoms with Crippen molar-refractivity contribution in [1.29, 1.82) is 0 Å². The third-order valence-electron chi connectivity index (χ3n) is 3.83. The molecule has 2 aromatic carbocycles. The van der Waals surface area contributed by atoms with E-state index >= 15 is 0 Å². The Balaban J connectivity index is 1.80. The number of hydrazone groups is 1. The van der Waals surface area contributed by atoms with Crippen LogP contribution in [0.2, 0.25) is 0 Å². The zero-order valence-corrected chi connectivity index (χ0v) is 15.2. The van der Waals surface area contributed by atoms with Crippen molar-refractivity contribution in [3.05, 3.63) is 63.7 Å². The van der Waals surface area contributed by atoms with Crippen molar-refractivity contribution in [1.82, 2.24) is 5.43 Å². The van der Waals surface area contributed by atoms with E-state index < -0.39 is 4.92 Å². The first-order chi connectivity index (χ1) is 13.0. The molecule has 0 aliphatic rings. The summed E-state index contributed by atoms with van der Waals surface area (Å²) in [7, 11) is 2.98. The van der Waals surface area contributed by atoms with Gasteiger partial charge in [0.05, 0.1) is 25.4 Å². The topological polar surface area (TPSA) is 103 Å². The van der Waals surface area contributed by atoms with Gasteiger partial charge >= 0.3 is 5.69 Å². The van der Waals surface area contributed by atoms with Gasteiger partial charge in [0.2, 0.25) is 5.91 Å². The average molecular weight is 371 g/mol. The van der Waals surface area contributed by atoms with Crippen LogP contribution in [0.5, 0.6) is 11.5 Å². The Morgan fingerprint density at radius 1 is 1.19 bits per heavy atom. The highest BCUT2D eigenvalue weighted by molar-refractivity contribution is 5.83. The molecule has 8 heteroatoms. The lowest BCUT2D eigenvalue weighted by Crippen LogP contribution is -2.17. The van der Waals surface area contributed by atoms with Crippen LogP contribution in [0.3, 0.4) is 0 Å². The molecule has 0 spiro atoms. The Kier molecular flexibility index (Phi) is 7.30. The van der Waals surface area contributed by atoms with Crippen LogP contribution in [0.1, 0.15) is 24.0 Å². The third-order valence-corrected chi connectivity index (χ3v) is 3.83. The summed E-state index contributed by atoms with van der Waals surface area (Å²) in [6.45, 7) is 0.